The van der Waals surface area contributed by atoms with Crippen LogP contribution in [0, 0.1) is 6.92 Å². The van der Waals surface area contributed by atoms with Crippen LogP contribution in [0.25, 0.3) is 0 Å². The number of nitrogens with one attached hydrogen (secondary N) is 1. The fourth-order valence-corrected chi connectivity index (χ4v) is 1.01. The van der Waals surface area contributed by atoms with Gasteiger partial charge in [0.15, 0.2) is 0 Å². The summed E-state index contributed by atoms with van der Waals surface area (Å²) in [7, 11) is 0. The van der Waals surface area contributed by atoms with E-state index in [1.807, 2.05) is 5.32 Å². The number of aliphatic carboxylic acids is 1. The van der Waals surface area contributed by atoms with Crippen LogP contribution in [0.3, 0.4) is 0 Å². The Morgan fingerprint density at radius 3 is 2.71 bits per heavy atom. The van der Waals surface area contributed by atoms with E-state index in [9.17, 15) is 9.59 Å². The summed E-state index contributed by atoms with van der Waals surface area (Å²) >= 11 is 0. The quantitative estimate of drug-likeness (QED) is 0.750. The van der Waals surface area contributed by atoms with Crippen molar-refractivity contribution in [2.75, 3.05) is 6.50 Å². The van der Waals surface area contributed by atoms with Gasteiger partial charge in [0.05, 0.1) is 2.74 Å². The van der Waals surface area contributed by atoms with Crippen LogP contribution in [0.1, 0.15) is 18.7 Å². The first-order valence-corrected chi connectivity index (χ1v) is 3.96. The molecule has 0 saturated heterocycles. The van der Waals surface area contributed by atoms with Crippen molar-refractivity contribution in [1.82, 2.24) is 5.32 Å². The first kappa shape index (κ1) is 7.55. The molecule has 4 nitrogen and oxygen atoms in total. The lowest BCUT2D eigenvalue weighted by atomic mass is 10.1. The SMILES string of the molecule is [2H]C([2H])(NC(=O)c1ccccc1C)C(=O)O. The molecule has 0 bridgehead atoms. The molecule has 14 heavy (non-hydrogen) atoms. The van der Waals surface area contributed by atoms with Gasteiger partial charge in [-0.2, -0.15) is 0 Å². The molecule has 0 atom stereocenters. The molecule has 1 aromatic rings. The van der Waals surface area contributed by atoms with E-state index < -0.39 is 18.4 Å². The van der Waals surface area contributed by atoms with Gasteiger partial charge in [0.2, 0.25) is 0 Å². The Hall–Kier alpha value is -1.84. The lowest BCUT2D eigenvalue weighted by molar-refractivity contribution is -0.135. The number of carboxylic acid groups (broad SMARTS) is 1. The minimum atomic E-state index is -2.76. The Kier molecular flexibility index (Phi) is 2.38. The van der Waals surface area contributed by atoms with Crippen LogP contribution >= 0.6 is 0 Å². The second-order valence-corrected chi connectivity index (χ2v) is 2.70. The van der Waals surface area contributed by atoms with Gasteiger partial charge in [0.25, 0.3) is 5.91 Å². The van der Waals surface area contributed by atoms with E-state index in [1.165, 1.54) is 6.07 Å². The zero-order chi connectivity index (χ0) is 12.3. The number of carbonyl (C=O) groups is 2. The van der Waals surface area contributed by atoms with Crippen molar-refractivity contribution in [3.63, 3.8) is 0 Å². The Bertz CT molecular complexity index is 432. The topological polar surface area (TPSA) is 66.4 Å². The molecule has 74 valence electrons. The number of hydrogen-bond donors (Lipinski definition) is 2. The van der Waals surface area contributed by atoms with Gasteiger partial charge >= 0.3 is 5.97 Å². The van der Waals surface area contributed by atoms with Gasteiger partial charge in [-0.25, -0.2) is 0 Å². The fraction of sp³-hybridized carbons (Fsp3) is 0.200. The smallest absolute Gasteiger partial charge is 0.322 e. The molecule has 0 aliphatic heterocycles. The van der Waals surface area contributed by atoms with Crippen molar-refractivity contribution in [1.29, 1.82) is 0 Å². The van der Waals surface area contributed by atoms with Crippen LogP contribution in [0.2, 0.25) is 0 Å². The van der Waals surface area contributed by atoms with Crippen molar-refractivity contribution in [3.05, 3.63) is 35.4 Å². The second-order valence-electron chi connectivity index (χ2n) is 2.70. The average molecular weight is 195 g/mol. The van der Waals surface area contributed by atoms with Crippen LogP contribution in [0.15, 0.2) is 24.3 Å². The summed E-state index contributed by atoms with van der Waals surface area (Å²) in [4.78, 5) is 22.1. The van der Waals surface area contributed by atoms with Crippen molar-refractivity contribution in [2.24, 2.45) is 0 Å². The summed E-state index contributed by atoms with van der Waals surface area (Å²) in [5.41, 5.74) is 0.911. The monoisotopic (exact) mass is 195 g/mol. The third kappa shape index (κ3) is 2.58. The largest absolute Gasteiger partial charge is 0.480 e. The molecule has 0 spiro atoms. The first-order valence-electron chi connectivity index (χ1n) is 4.96. The molecular formula is C10H11NO3. The Morgan fingerprint density at radius 2 is 2.14 bits per heavy atom. The van der Waals surface area contributed by atoms with Gasteiger partial charge < -0.3 is 10.4 Å². The summed E-state index contributed by atoms with van der Waals surface area (Å²) < 4.78 is 14.1. The number of amides is 1. The highest BCUT2D eigenvalue weighted by atomic mass is 16.4. The van der Waals surface area contributed by atoms with E-state index in [2.05, 4.69) is 0 Å². The minimum Gasteiger partial charge on any atom is -0.480 e. The van der Waals surface area contributed by atoms with Gasteiger partial charge in [-0.15, -0.1) is 0 Å². The second kappa shape index (κ2) is 4.41. The van der Waals surface area contributed by atoms with Crippen LogP contribution in [-0.2, 0) is 4.79 Å². The Labute approximate surface area is 84.4 Å². The molecule has 0 fully saturated rings. The summed E-state index contributed by atoms with van der Waals surface area (Å²) in [6.07, 6.45) is 0. The van der Waals surface area contributed by atoms with E-state index in [0.29, 0.717) is 5.56 Å². The van der Waals surface area contributed by atoms with Gasteiger partial charge in [-0.1, -0.05) is 18.2 Å². The highest BCUT2D eigenvalue weighted by Crippen LogP contribution is 2.05. The summed E-state index contributed by atoms with van der Waals surface area (Å²) in [5, 5.41) is 10.3. The molecule has 0 heterocycles. The van der Waals surface area contributed by atoms with Gasteiger partial charge in [-0.3, -0.25) is 9.59 Å². The zero-order valence-corrected chi connectivity index (χ0v) is 7.57. The Balaban J connectivity index is 2.89. The third-order valence-corrected chi connectivity index (χ3v) is 1.67. The summed E-state index contributed by atoms with van der Waals surface area (Å²) in [6.45, 7) is -1.08. The third-order valence-electron chi connectivity index (χ3n) is 1.67. The highest BCUT2D eigenvalue weighted by molar-refractivity contribution is 5.96. The predicted molar refractivity (Wildman–Crippen MR) is 51.1 cm³/mol. The number of rotatable bonds is 3. The molecule has 0 unspecified atom stereocenters. The lowest BCUT2D eigenvalue weighted by Crippen LogP contribution is -2.29. The molecule has 1 aromatic carbocycles. The summed E-state index contributed by atoms with van der Waals surface area (Å²) in [6, 6.07) is 6.55. The first-order chi connectivity index (χ1) is 7.34. The van der Waals surface area contributed by atoms with E-state index in [4.69, 9.17) is 7.85 Å². The fourth-order valence-electron chi connectivity index (χ4n) is 1.01. The van der Waals surface area contributed by atoms with Crippen LogP contribution in [0.5, 0.6) is 0 Å². The summed E-state index contributed by atoms with van der Waals surface area (Å²) in [5.74, 6) is -2.47. The normalized spacial score (nSPS) is 12.6. The maximum Gasteiger partial charge on any atom is 0.322 e. The number of hydrogen-bond acceptors (Lipinski definition) is 2. The number of carbonyl (C=O) groups excluding carboxylic acids is 1. The lowest BCUT2D eigenvalue weighted by Gasteiger charge is -2.04. The molecule has 1 rings (SSSR count). The van der Waals surface area contributed by atoms with Crippen LogP contribution < -0.4 is 5.32 Å². The van der Waals surface area contributed by atoms with Crippen molar-refractivity contribution in [2.45, 2.75) is 6.92 Å². The van der Waals surface area contributed by atoms with E-state index in [0.717, 1.165) is 0 Å². The van der Waals surface area contributed by atoms with E-state index >= 15 is 0 Å². The van der Waals surface area contributed by atoms with E-state index in [1.54, 1.807) is 25.1 Å². The molecule has 0 saturated carbocycles. The molecule has 0 radical (unpaired) electrons. The number of benzene rings is 1. The van der Waals surface area contributed by atoms with Crippen LogP contribution in [-0.4, -0.2) is 23.5 Å². The number of carboxylic acids is 1. The van der Waals surface area contributed by atoms with Gasteiger partial charge in [0.1, 0.15) is 6.50 Å². The minimum absolute atomic E-state index is 0.257. The van der Waals surface area contributed by atoms with Gasteiger partial charge in [-0.05, 0) is 18.6 Å². The predicted octanol–water partition coefficient (Wildman–Crippen LogP) is 0.809. The maximum atomic E-state index is 11.6. The maximum absolute atomic E-state index is 11.6. The molecule has 2 N–H and O–H groups in total. The number of aryl methyl sites for hydroxylation is 1. The molecular weight excluding hydrogens is 182 g/mol. The van der Waals surface area contributed by atoms with Crippen molar-refractivity contribution < 1.29 is 17.4 Å². The zero-order valence-electron chi connectivity index (χ0n) is 9.57. The molecule has 4 heteroatoms. The molecule has 0 aromatic heterocycles. The standard InChI is InChI=1S/C10H11NO3/c1-7-4-2-3-5-8(7)10(14)11-6-9(12)13/h2-5H,6H2,1H3,(H,11,14)(H,12,13)/i6D2. The van der Waals surface area contributed by atoms with E-state index in [-0.39, 0.29) is 5.56 Å². The van der Waals surface area contributed by atoms with Crippen molar-refractivity contribution >= 4 is 11.9 Å². The molecule has 1 amide bonds. The highest BCUT2D eigenvalue weighted by Gasteiger charge is 2.08. The van der Waals surface area contributed by atoms with Crippen molar-refractivity contribution in [3.8, 4) is 0 Å². The van der Waals surface area contributed by atoms with Gasteiger partial charge in [0, 0.05) is 5.56 Å². The molecule has 0 aliphatic rings. The Morgan fingerprint density at radius 1 is 1.50 bits per heavy atom. The molecule has 0 aliphatic carbocycles. The van der Waals surface area contributed by atoms with Crippen LogP contribution in [0.4, 0.5) is 0 Å². The average Bonchev–Trinajstić information content (AvgIpc) is 2.17.